The van der Waals surface area contributed by atoms with E-state index < -0.39 is 4.92 Å². The van der Waals surface area contributed by atoms with Crippen LogP contribution in [-0.4, -0.2) is 41.3 Å². The summed E-state index contributed by atoms with van der Waals surface area (Å²) < 4.78 is 0. The first-order chi connectivity index (χ1) is 10.9. The summed E-state index contributed by atoms with van der Waals surface area (Å²) in [6, 6.07) is 3.92. The minimum atomic E-state index is -0.595. The zero-order chi connectivity index (χ0) is 17.0. The van der Waals surface area contributed by atoms with Gasteiger partial charge in [0.25, 0.3) is 11.6 Å². The Labute approximate surface area is 138 Å². The molecule has 0 aromatic heterocycles. The normalized spacial score (nSPS) is 17.7. The second-order valence-corrected chi connectivity index (χ2v) is 5.82. The van der Waals surface area contributed by atoms with E-state index >= 15 is 0 Å². The van der Waals surface area contributed by atoms with E-state index in [1.54, 1.807) is 4.90 Å². The van der Waals surface area contributed by atoms with Gasteiger partial charge in [-0.15, -0.1) is 0 Å². The molecule has 2 amide bonds. The maximum Gasteiger partial charge on any atom is 0.287 e. The number of carbonyl (C=O) groups excluding carboxylic acids is 2. The monoisotopic (exact) mass is 339 g/mol. The third-order valence-electron chi connectivity index (χ3n) is 3.82. The summed E-state index contributed by atoms with van der Waals surface area (Å²) in [4.78, 5) is 36.2. The molecule has 1 N–H and O–H groups in total. The van der Waals surface area contributed by atoms with Gasteiger partial charge in [-0.3, -0.25) is 19.7 Å². The van der Waals surface area contributed by atoms with E-state index in [1.165, 1.54) is 18.2 Å². The Morgan fingerprint density at radius 3 is 2.83 bits per heavy atom. The molecule has 1 aliphatic heterocycles. The number of likely N-dealkylation sites (tertiary alicyclic amines) is 1. The number of nitrogens with zero attached hydrogens (tertiary/aromatic N) is 2. The van der Waals surface area contributed by atoms with Crippen molar-refractivity contribution in [1.82, 2.24) is 10.2 Å². The van der Waals surface area contributed by atoms with Crippen molar-refractivity contribution in [1.29, 1.82) is 0 Å². The van der Waals surface area contributed by atoms with Gasteiger partial charge in [0.05, 0.1) is 10.8 Å². The maximum atomic E-state index is 12.5. The molecule has 0 unspecified atom stereocenters. The summed E-state index contributed by atoms with van der Waals surface area (Å²) in [5.41, 5.74) is 0.0548. The van der Waals surface area contributed by atoms with Crippen molar-refractivity contribution in [3.8, 4) is 0 Å². The molecule has 23 heavy (non-hydrogen) atoms. The topological polar surface area (TPSA) is 92.6 Å². The van der Waals surface area contributed by atoms with Crippen molar-refractivity contribution in [3.63, 3.8) is 0 Å². The van der Waals surface area contributed by atoms with Gasteiger partial charge >= 0.3 is 0 Å². The summed E-state index contributed by atoms with van der Waals surface area (Å²) in [5, 5.41) is 13.5. The third kappa shape index (κ3) is 3.98. The summed E-state index contributed by atoms with van der Waals surface area (Å²) >= 11 is 5.85. The fourth-order valence-electron chi connectivity index (χ4n) is 2.66. The number of nitrogens with one attached hydrogen (secondary N) is 1. The molecule has 0 aliphatic carbocycles. The molecule has 1 aliphatic rings. The van der Waals surface area contributed by atoms with E-state index in [9.17, 15) is 19.7 Å². The second kappa shape index (κ2) is 7.41. The summed E-state index contributed by atoms with van der Waals surface area (Å²) in [6.07, 6.45) is 1.49. The highest BCUT2D eigenvalue weighted by Crippen LogP contribution is 2.26. The Morgan fingerprint density at radius 2 is 2.22 bits per heavy atom. The minimum absolute atomic E-state index is 0.0493. The van der Waals surface area contributed by atoms with E-state index in [4.69, 9.17) is 11.6 Å². The quantitative estimate of drug-likeness (QED) is 0.672. The number of rotatable bonds is 4. The van der Waals surface area contributed by atoms with Gasteiger partial charge < -0.3 is 10.2 Å². The van der Waals surface area contributed by atoms with Gasteiger partial charge in [-0.1, -0.05) is 11.6 Å². The molecule has 7 nitrogen and oxygen atoms in total. The number of nitro groups is 1. The van der Waals surface area contributed by atoms with E-state index in [0.717, 1.165) is 12.8 Å². The molecule has 0 radical (unpaired) electrons. The van der Waals surface area contributed by atoms with Crippen molar-refractivity contribution in [2.75, 3.05) is 19.6 Å². The van der Waals surface area contributed by atoms with Crippen LogP contribution in [0.5, 0.6) is 0 Å². The van der Waals surface area contributed by atoms with Crippen LogP contribution in [0.1, 0.15) is 30.1 Å². The lowest BCUT2D eigenvalue weighted by Gasteiger charge is -2.32. The Hall–Kier alpha value is -2.15. The molecule has 0 bridgehead atoms. The van der Waals surface area contributed by atoms with Gasteiger partial charge in [0.1, 0.15) is 5.02 Å². The Balaban J connectivity index is 2.12. The molecule has 8 heteroatoms. The van der Waals surface area contributed by atoms with Crippen molar-refractivity contribution in [3.05, 3.63) is 38.9 Å². The van der Waals surface area contributed by atoms with Crippen LogP contribution in [0, 0.1) is 16.0 Å². The average Bonchev–Trinajstić information content (AvgIpc) is 2.54. The van der Waals surface area contributed by atoms with Crippen molar-refractivity contribution < 1.29 is 14.5 Å². The molecular weight excluding hydrogens is 322 g/mol. The lowest BCUT2D eigenvalue weighted by molar-refractivity contribution is -0.384. The predicted molar refractivity (Wildman–Crippen MR) is 85.4 cm³/mol. The van der Waals surface area contributed by atoms with Crippen LogP contribution in [0.3, 0.4) is 0 Å². The Morgan fingerprint density at radius 1 is 1.48 bits per heavy atom. The van der Waals surface area contributed by atoms with Crippen LogP contribution in [0.25, 0.3) is 0 Å². The number of benzene rings is 1. The number of hydrogen-bond donors (Lipinski definition) is 1. The van der Waals surface area contributed by atoms with E-state index in [1.807, 2.05) is 6.92 Å². The number of nitro benzene ring substituents is 1. The Bertz CT molecular complexity index is 635. The molecule has 1 aromatic carbocycles. The fraction of sp³-hybridized carbons (Fsp3) is 0.467. The molecule has 1 fully saturated rings. The molecule has 1 atom stereocenters. The number of amides is 2. The van der Waals surface area contributed by atoms with Gasteiger partial charge in [0, 0.05) is 31.3 Å². The average molecular weight is 340 g/mol. The largest absolute Gasteiger partial charge is 0.356 e. The molecule has 1 saturated heterocycles. The van der Waals surface area contributed by atoms with Crippen LogP contribution in [0.2, 0.25) is 5.02 Å². The number of halogens is 1. The second-order valence-electron chi connectivity index (χ2n) is 5.41. The molecular formula is C15H18ClN3O4. The lowest BCUT2D eigenvalue weighted by atomic mass is 9.96. The van der Waals surface area contributed by atoms with Gasteiger partial charge in [-0.2, -0.15) is 0 Å². The number of carbonyl (C=O) groups is 2. The van der Waals surface area contributed by atoms with Crippen LogP contribution >= 0.6 is 11.6 Å². The maximum absolute atomic E-state index is 12.5. The van der Waals surface area contributed by atoms with Crippen LogP contribution in [0.4, 0.5) is 5.69 Å². The zero-order valence-electron chi connectivity index (χ0n) is 12.8. The minimum Gasteiger partial charge on any atom is -0.356 e. The predicted octanol–water partition coefficient (Wildman–Crippen LogP) is 2.24. The van der Waals surface area contributed by atoms with Gasteiger partial charge in [-0.25, -0.2) is 0 Å². The number of hydrogen-bond acceptors (Lipinski definition) is 4. The standard InChI is InChI=1S/C15H18ClN3O4/c1-2-17-14(20)11-4-3-7-18(9-11)15(21)10-5-6-13(19(22)23)12(16)8-10/h5-6,8,11H,2-4,7,9H2,1H3,(H,17,20)/t11-/m1/s1. The van der Waals surface area contributed by atoms with Crippen LogP contribution in [0.15, 0.2) is 18.2 Å². The van der Waals surface area contributed by atoms with Gasteiger partial charge in [0.15, 0.2) is 0 Å². The van der Waals surface area contributed by atoms with Crippen LogP contribution in [-0.2, 0) is 4.79 Å². The van der Waals surface area contributed by atoms with E-state index in [0.29, 0.717) is 19.6 Å². The van der Waals surface area contributed by atoms with E-state index in [2.05, 4.69) is 5.32 Å². The van der Waals surface area contributed by atoms with E-state index in [-0.39, 0.29) is 34.0 Å². The summed E-state index contributed by atoms with van der Waals surface area (Å²) in [7, 11) is 0. The first kappa shape index (κ1) is 17.2. The van der Waals surface area contributed by atoms with Crippen LogP contribution < -0.4 is 5.32 Å². The highest BCUT2D eigenvalue weighted by Gasteiger charge is 2.29. The first-order valence-corrected chi connectivity index (χ1v) is 7.82. The highest BCUT2D eigenvalue weighted by molar-refractivity contribution is 6.33. The lowest BCUT2D eigenvalue weighted by Crippen LogP contribution is -2.45. The SMILES string of the molecule is CCNC(=O)[C@@H]1CCCN(C(=O)c2ccc([N+](=O)[O-])c(Cl)c2)C1. The van der Waals surface area contributed by atoms with Crippen molar-refractivity contribution in [2.24, 2.45) is 5.92 Å². The Kier molecular flexibility index (Phi) is 5.54. The molecule has 1 heterocycles. The third-order valence-corrected chi connectivity index (χ3v) is 4.12. The molecule has 0 spiro atoms. The van der Waals surface area contributed by atoms with Gasteiger partial charge in [-0.05, 0) is 31.9 Å². The van der Waals surface area contributed by atoms with Crippen molar-refractivity contribution >= 4 is 29.1 Å². The highest BCUT2D eigenvalue weighted by atomic mass is 35.5. The molecule has 124 valence electrons. The number of piperidine rings is 1. The smallest absolute Gasteiger partial charge is 0.287 e. The molecule has 0 saturated carbocycles. The first-order valence-electron chi connectivity index (χ1n) is 7.45. The summed E-state index contributed by atoms with van der Waals surface area (Å²) in [6.45, 7) is 3.31. The zero-order valence-corrected chi connectivity index (χ0v) is 13.5. The summed E-state index contributed by atoms with van der Waals surface area (Å²) in [5.74, 6) is -0.538. The molecule has 1 aromatic rings. The van der Waals surface area contributed by atoms with Crippen molar-refractivity contribution in [2.45, 2.75) is 19.8 Å². The molecule has 2 rings (SSSR count). The fourth-order valence-corrected chi connectivity index (χ4v) is 2.91. The van der Waals surface area contributed by atoms with Gasteiger partial charge in [0.2, 0.25) is 5.91 Å².